The second kappa shape index (κ2) is 6.97. The van der Waals surface area contributed by atoms with E-state index >= 15 is 0 Å². The van der Waals surface area contributed by atoms with Crippen LogP contribution in [0.1, 0.15) is 12.0 Å². The molecule has 1 aromatic rings. The lowest BCUT2D eigenvalue weighted by Crippen LogP contribution is -2.44. The van der Waals surface area contributed by atoms with Crippen LogP contribution in [0.2, 0.25) is 0 Å². The van der Waals surface area contributed by atoms with E-state index in [1.54, 1.807) is 18.2 Å². The van der Waals surface area contributed by atoms with Crippen LogP contribution in [0.25, 0.3) is 0 Å². The van der Waals surface area contributed by atoms with E-state index in [0.717, 1.165) is 0 Å². The first-order valence-electron chi connectivity index (χ1n) is 6.64. The quantitative estimate of drug-likeness (QED) is 0.861. The molecular weight excluding hydrogens is 268 g/mol. The van der Waals surface area contributed by atoms with E-state index in [-0.39, 0.29) is 18.3 Å². The van der Waals surface area contributed by atoms with E-state index in [4.69, 9.17) is 5.11 Å². The van der Waals surface area contributed by atoms with Crippen molar-refractivity contribution in [1.29, 1.82) is 0 Å². The SMILES string of the molecule is OC[C@H]1CCN(Cc2ccccc2OC(F)F)C[C@@H]1O. The molecule has 6 heteroatoms. The van der Waals surface area contributed by atoms with Crippen LogP contribution in [0, 0.1) is 5.92 Å². The predicted molar refractivity (Wildman–Crippen MR) is 69.6 cm³/mol. The molecule has 4 nitrogen and oxygen atoms in total. The molecule has 0 aliphatic carbocycles. The van der Waals surface area contributed by atoms with Crippen LogP contribution in [-0.2, 0) is 6.54 Å². The molecule has 0 bridgehead atoms. The van der Waals surface area contributed by atoms with Gasteiger partial charge in [0.2, 0.25) is 0 Å². The molecule has 0 saturated carbocycles. The molecule has 0 radical (unpaired) electrons. The lowest BCUT2D eigenvalue weighted by atomic mass is 9.94. The highest BCUT2D eigenvalue weighted by Gasteiger charge is 2.27. The molecule has 1 aliphatic heterocycles. The molecule has 1 fully saturated rings. The maximum atomic E-state index is 12.3. The van der Waals surface area contributed by atoms with Crippen LogP contribution in [-0.4, -0.2) is 47.5 Å². The summed E-state index contributed by atoms with van der Waals surface area (Å²) >= 11 is 0. The molecule has 1 heterocycles. The summed E-state index contributed by atoms with van der Waals surface area (Å²) in [6.07, 6.45) is 0.104. The Kier molecular flexibility index (Phi) is 5.28. The zero-order chi connectivity index (χ0) is 14.5. The number of β-amino-alcohol motifs (C(OH)–C–C–N with tert-alkyl or cyclic N) is 1. The van der Waals surface area contributed by atoms with E-state index in [2.05, 4.69) is 4.74 Å². The number of piperidine rings is 1. The first kappa shape index (κ1) is 15.2. The van der Waals surface area contributed by atoms with Gasteiger partial charge < -0.3 is 14.9 Å². The van der Waals surface area contributed by atoms with Gasteiger partial charge in [0.05, 0.1) is 6.10 Å². The number of rotatable bonds is 5. The molecule has 1 aromatic carbocycles. The molecule has 2 rings (SSSR count). The van der Waals surface area contributed by atoms with Crippen molar-refractivity contribution in [3.05, 3.63) is 29.8 Å². The molecule has 0 aromatic heterocycles. The van der Waals surface area contributed by atoms with Gasteiger partial charge >= 0.3 is 6.61 Å². The van der Waals surface area contributed by atoms with Crippen LogP contribution in [0.3, 0.4) is 0 Å². The van der Waals surface area contributed by atoms with Crippen molar-refractivity contribution in [2.45, 2.75) is 25.7 Å². The standard InChI is InChI=1S/C14H19F2NO3/c15-14(16)20-13-4-2-1-3-10(13)7-17-6-5-11(9-18)12(19)8-17/h1-4,11-12,14,18-19H,5-9H2/t11-,12+/m1/s1. The number of hydrogen-bond donors (Lipinski definition) is 2. The van der Waals surface area contributed by atoms with E-state index < -0.39 is 12.7 Å². The Morgan fingerprint density at radius 3 is 2.75 bits per heavy atom. The number of aliphatic hydroxyl groups is 2. The third-order valence-electron chi connectivity index (χ3n) is 3.62. The molecule has 0 unspecified atom stereocenters. The predicted octanol–water partition coefficient (Wildman–Crippen LogP) is 1.46. The van der Waals surface area contributed by atoms with E-state index in [1.807, 2.05) is 4.90 Å². The molecule has 20 heavy (non-hydrogen) atoms. The number of benzene rings is 1. The van der Waals surface area contributed by atoms with Crippen LogP contribution < -0.4 is 4.74 Å². The Bertz CT molecular complexity index is 431. The summed E-state index contributed by atoms with van der Waals surface area (Å²) in [4.78, 5) is 1.98. The summed E-state index contributed by atoms with van der Waals surface area (Å²) in [5, 5.41) is 19.0. The van der Waals surface area contributed by atoms with Gasteiger partial charge in [-0.05, 0) is 19.0 Å². The van der Waals surface area contributed by atoms with Crippen LogP contribution >= 0.6 is 0 Å². The minimum absolute atomic E-state index is 0.0277. The van der Waals surface area contributed by atoms with Crippen molar-refractivity contribution in [3.63, 3.8) is 0 Å². The third kappa shape index (κ3) is 3.88. The van der Waals surface area contributed by atoms with Crippen LogP contribution in [0.15, 0.2) is 24.3 Å². The third-order valence-corrected chi connectivity index (χ3v) is 3.62. The minimum atomic E-state index is -2.85. The number of ether oxygens (including phenoxy) is 1. The topological polar surface area (TPSA) is 52.9 Å². The van der Waals surface area contributed by atoms with Gasteiger partial charge in [0.15, 0.2) is 0 Å². The summed E-state index contributed by atoms with van der Waals surface area (Å²) < 4.78 is 29.2. The summed E-state index contributed by atoms with van der Waals surface area (Å²) in [6.45, 7) is -1.29. The fraction of sp³-hybridized carbons (Fsp3) is 0.571. The highest BCUT2D eigenvalue weighted by atomic mass is 19.3. The van der Waals surface area contributed by atoms with Crippen molar-refractivity contribution in [2.75, 3.05) is 19.7 Å². The number of likely N-dealkylation sites (tertiary alicyclic amines) is 1. The monoisotopic (exact) mass is 287 g/mol. The average Bonchev–Trinajstić information content (AvgIpc) is 2.41. The number of nitrogens with zero attached hydrogens (tertiary/aromatic N) is 1. The Labute approximate surface area is 116 Å². The minimum Gasteiger partial charge on any atom is -0.434 e. The number of para-hydroxylation sites is 1. The molecule has 2 N–H and O–H groups in total. The summed E-state index contributed by atoms with van der Waals surface area (Å²) in [6, 6.07) is 6.67. The average molecular weight is 287 g/mol. The number of hydrogen-bond acceptors (Lipinski definition) is 4. The van der Waals surface area contributed by atoms with Crippen molar-refractivity contribution in [3.8, 4) is 5.75 Å². The highest BCUT2D eigenvalue weighted by Crippen LogP contribution is 2.24. The molecule has 1 aliphatic rings. The fourth-order valence-electron chi connectivity index (χ4n) is 2.49. The first-order chi connectivity index (χ1) is 9.60. The lowest BCUT2D eigenvalue weighted by molar-refractivity contribution is -0.0514. The summed E-state index contributed by atoms with van der Waals surface area (Å²) in [5.74, 6) is 0.0695. The second-order valence-corrected chi connectivity index (χ2v) is 5.02. The Balaban J connectivity index is 2.00. The maximum Gasteiger partial charge on any atom is 0.387 e. The fourth-order valence-corrected chi connectivity index (χ4v) is 2.49. The second-order valence-electron chi connectivity index (χ2n) is 5.02. The van der Waals surface area contributed by atoms with Gasteiger partial charge in [-0.15, -0.1) is 0 Å². The van der Waals surface area contributed by atoms with E-state index in [1.165, 1.54) is 6.07 Å². The summed E-state index contributed by atoms with van der Waals surface area (Å²) in [5.41, 5.74) is 0.669. The van der Waals surface area contributed by atoms with Gasteiger partial charge in [-0.1, -0.05) is 18.2 Å². The zero-order valence-corrected chi connectivity index (χ0v) is 11.1. The largest absolute Gasteiger partial charge is 0.434 e. The Hall–Kier alpha value is -1.24. The van der Waals surface area contributed by atoms with Crippen molar-refractivity contribution >= 4 is 0 Å². The molecule has 112 valence electrons. The van der Waals surface area contributed by atoms with E-state index in [9.17, 15) is 13.9 Å². The molecule has 2 atom stereocenters. The van der Waals surface area contributed by atoms with Crippen molar-refractivity contribution in [2.24, 2.45) is 5.92 Å². The van der Waals surface area contributed by atoms with Crippen molar-refractivity contribution in [1.82, 2.24) is 4.90 Å². The van der Waals surface area contributed by atoms with Gasteiger partial charge in [-0.25, -0.2) is 0 Å². The Morgan fingerprint density at radius 2 is 2.10 bits per heavy atom. The number of aliphatic hydroxyl groups excluding tert-OH is 2. The number of alkyl halides is 2. The van der Waals surface area contributed by atoms with Crippen LogP contribution in [0.5, 0.6) is 5.75 Å². The lowest BCUT2D eigenvalue weighted by Gasteiger charge is -2.35. The Morgan fingerprint density at radius 1 is 1.35 bits per heavy atom. The first-order valence-corrected chi connectivity index (χ1v) is 6.64. The van der Waals surface area contributed by atoms with Gasteiger partial charge in [0.25, 0.3) is 0 Å². The highest BCUT2D eigenvalue weighted by molar-refractivity contribution is 5.33. The van der Waals surface area contributed by atoms with Crippen LogP contribution in [0.4, 0.5) is 8.78 Å². The normalized spacial score (nSPS) is 24.1. The summed E-state index contributed by atoms with van der Waals surface area (Å²) in [7, 11) is 0. The molecule has 0 spiro atoms. The smallest absolute Gasteiger partial charge is 0.387 e. The molecule has 1 saturated heterocycles. The van der Waals surface area contributed by atoms with Gasteiger partial charge in [-0.2, -0.15) is 8.78 Å². The maximum absolute atomic E-state index is 12.3. The zero-order valence-electron chi connectivity index (χ0n) is 11.1. The number of halogens is 2. The molecule has 0 amide bonds. The van der Waals surface area contributed by atoms with E-state index in [0.29, 0.717) is 31.6 Å². The van der Waals surface area contributed by atoms with Gasteiger partial charge in [-0.3, -0.25) is 4.90 Å². The van der Waals surface area contributed by atoms with Gasteiger partial charge in [0.1, 0.15) is 5.75 Å². The van der Waals surface area contributed by atoms with Gasteiger partial charge in [0, 0.05) is 31.2 Å². The van der Waals surface area contributed by atoms with Crippen molar-refractivity contribution < 1.29 is 23.7 Å². The molecular formula is C14H19F2NO3.